The number of hydrogen-bond donors (Lipinski definition) is 2. The summed E-state index contributed by atoms with van der Waals surface area (Å²) in [4.78, 5) is 14.6. The Bertz CT molecular complexity index is 912. The summed E-state index contributed by atoms with van der Waals surface area (Å²) >= 11 is 0. The fourth-order valence-electron chi connectivity index (χ4n) is 4.89. The molecule has 6 nitrogen and oxygen atoms in total. The van der Waals surface area contributed by atoms with Gasteiger partial charge in [-0.25, -0.2) is 4.99 Å². The number of allylic oxidation sites excluding steroid dienone is 5. The first kappa shape index (κ1) is 31.6. The second-order valence-corrected chi connectivity index (χ2v) is 11.8. The normalized spacial score (nSPS) is 18.1. The van der Waals surface area contributed by atoms with E-state index in [1.54, 1.807) is 6.20 Å². The molecule has 0 aromatic heterocycles. The molecule has 0 amide bonds. The van der Waals surface area contributed by atoms with E-state index in [2.05, 4.69) is 87.8 Å². The Morgan fingerprint density at radius 3 is 2.61 bits per heavy atom. The zero-order valence-corrected chi connectivity index (χ0v) is 25.2. The molecular weight excluding hydrogens is 468 g/mol. The number of piperidine rings is 1. The minimum atomic E-state index is 0.111. The van der Waals surface area contributed by atoms with Crippen molar-refractivity contribution in [3.05, 3.63) is 61.3 Å². The maximum Gasteiger partial charge on any atom is 0.202 e. The van der Waals surface area contributed by atoms with Gasteiger partial charge < -0.3 is 15.5 Å². The average Bonchev–Trinajstić information content (AvgIpc) is 2.86. The van der Waals surface area contributed by atoms with Gasteiger partial charge in [-0.2, -0.15) is 0 Å². The molecule has 0 aliphatic carbocycles. The molecule has 0 aromatic carbocycles. The van der Waals surface area contributed by atoms with E-state index in [0.717, 1.165) is 74.4 Å². The highest BCUT2D eigenvalue weighted by Gasteiger charge is 2.24. The lowest BCUT2D eigenvalue weighted by Gasteiger charge is -2.35. The highest BCUT2D eigenvalue weighted by molar-refractivity contribution is 5.85. The van der Waals surface area contributed by atoms with Crippen molar-refractivity contribution in [2.75, 3.05) is 26.3 Å². The maximum atomic E-state index is 5.18. The quantitative estimate of drug-likeness (QED) is 0.147. The average molecular weight is 523 g/mol. The molecule has 0 spiro atoms. The first-order valence-electron chi connectivity index (χ1n) is 14.5. The van der Waals surface area contributed by atoms with Crippen molar-refractivity contribution in [1.29, 1.82) is 0 Å². The Morgan fingerprint density at radius 2 is 2.00 bits per heavy atom. The zero-order chi connectivity index (χ0) is 28.1. The van der Waals surface area contributed by atoms with E-state index in [9.17, 15) is 0 Å². The van der Waals surface area contributed by atoms with Crippen molar-refractivity contribution in [3.63, 3.8) is 0 Å². The van der Waals surface area contributed by atoms with Gasteiger partial charge in [0.15, 0.2) is 0 Å². The number of hydrogen-bond acceptors (Lipinski definition) is 4. The molecule has 1 saturated heterocycles. The van der Waals surface area contributed by atoms with E-state index in [4.69, 9.17) is 9.98 Å². The standard InChI is InChI=1S/C32H54N6/c1-10-14-27(6)38(23-30-17-12-16-26(5)35-30)31(33-11-2)36-29-18-21-37(22-19-29)24-34-28(7)32(8,9)20-13-15-25(3)4/h10-11,14,17,25,29,34H,1-2,7,12-13,15-16,18-24H2,3-6,8-9H3,(H,33,36)/b27-14+. The van der Waals surface area contributed by atoms with Gasteiger partial charge in [-0.3, -0.25) is 9.89 Å². The van der Waals surface area contributed by atoms with E-state index in [-0.39, 0.29) is 11.5 Å². The molecule has 212 valence electrons. The van der Waals surface area contributed by atoms with Crippen LogP contribution in [0.4, 0.5) is 0 Å². The number of aliphatic imine (C=N–C) groups is 2. The zero-order valence-electron chi connectivity index (χ0n) is 25.2. The molecule has 0 bridgehead atoms. The number of guanidine groups is 1. The summed E-state index contributed by atoms with van der Waals surface area (Å²) in [6.07, 6.45) is 15.6. The van der Waals surface area contributed by atoms with Gasteiger partial charge in [-0.1, -0.05) is 72.4 Å². The third-order valence-electron chi connectivity index (χ3n) is 7.59. The van der Waals surface area contributed by atoms with Gasteiger partial charge in [0.05, 0.1) is 25.0 Å². The van der Waals surface area contributed by atoms with E-state index < -0.39 is 0 Å². The number of likely N-dealkylation sites (tertiary alicyclic amines) is 1. The lowest BCUT2D eigenvalue weighted by Crippen LogP contribution is -2.44. The minimum Gasteiger partial charge on any atom is -0.376 e. The fourth-order valence-corrected chi connectivity index (χ4v) is 4.89. The van der Waals surface area contributed by atoms with Gasteiger partial charge in [-0.15, -0.1) is 0 Å². The van der Waals surface area contributed by atoms with Gasteiger partial charge in [0.2, 0.25) is 5.96 Å². The summed E-state index contributed by atoms with van der Waals surface area (Å²) in [6.45, 7) is 29.1. The largest absolute Gasteiger partial charge is 0.376 e. The molecule has 0 saturated carbocycles. The molecule has 6 heteroatoms. The van der Waals surface area contributed by atoms with Crippen molar-refractivity contribution in [3.8, 4) is 0 Å². The summed E-state index contributed by atoms with van der Waals surface area (Å²) in [5, 5.41) is 6.94. The molecular formula is C32H54N6. The van der Waals surface area contributed by atoms with Crippen molar-refractivity contribution >= 4 is 11.7 Å². The van der Waals surface area contributed by atoms with Crippen molar-refractivity contribution in [2.24, 2.45) is 21.3 Å². The monoisotopic (exact) mass is 522 g/mol. The summed E-state index contributed by atoms with van der Waals surface area (Å²) in [6, 6.07) is 0.258. The Balaban J connectivity index is 1.99. The minimum absolute atomic E-state index is 0.111. The highest BCUT2D eigenvalue weighted by Crippen LogP contribution is 2.30. The van der Waals surface area contributed by atoms with Crippen molar-refractivity contribution in [2.45, 2.75) is 92.5 Å². The Kier molecular flexibility index (Phi) is 13.1. The van der Waals surface area contributed by atoms with Gasteiger partial charge in [0.25, 0.3) is 0 Å². The molecule has 38 heavy (non-hydrogen) atoms. The van der Waals surface area contributed by atoms with Crippen LogP contribution < -0.4 is 10.6 Å². The highest BCUT2D eigenvalue weighted by atomic mass is 15.3. The predicted octanol–water partition coefficient (Wildman–Crippen LogP) is 6.98. The van der Waals surface area contributed by atoms with Gasteiger partial charge in [0.1, 0.15) is 0 Å². The third kappa shape index (κ3) is 10.6. The van der Waals surface area contributed by atoms with Crippen LogP contribution >= 0.6 is 0 Å². The molecule has 2 rings (SSSR count). The van der Waals surface area contributed by atoms with Gasteiger partial charge in [0, 0.05) is 35.6 Å². The second-order valence-electron chi connectivity index (χ2n) is 11.8. The van der Waals surface area contributed by atoms with E-state index in [1.165, 1.54) is 25.0 Å². The molecule has 2 aliphatic heterocycles. The van der Waals surface area contributed by atoms with Crippen LogP contribution in [0.15, 0.2) is 71.2 Å². The fraction of sp³-hybridized carbons (Fsp3) is 0.625. The molecule has 0 atom stereocenters. The van der Waals surface area contributed by atoms with Crippen LogP contribution in [0.5, 0.6) is 0 Å². The predicted molar refractivity (Wildman–Crippen MR) is 166 cm³/mol. The molecule has 1 fully saturated rings. The third-order valence-corrected chi connectivity index (χ3v) is 7.59. The van der Waals surface area contributed by atoms with Crippen molar-refractivity contribution < 1.29 is 0 Å². The lowest BCUT2D eigenvalue weighted by molar-refractivity contribution is 0.197. The van der Waals surface area contributed by atoms with Crippen LogP contribution in [-0.4, -0.2) is 53.8 Å². The van der Waals surface area contributed by atoms with Crippen LogP contribution in [0.2, 0.25) is 0 Å². The first-order chi connectivity index (χ1) is 18.1. The summed E-state index contributed by atoms with van der Waals surface area (Å²) < 4.78 is 0. The number of nitrogens with zero attached hydrogens (tertiary/aromatic N) is 4. The van der Waals surface area contributed by atoms with E-state index in [1.807, 2.05) is 12.2 Å². The van der Waals surface area contributed by atoms with Gasteiger partial charge >= 0.3 is 0 Å². The SMILES string of the molecule is C=C/C=C(\C)N(CC1=CCCC(C)=N1)C(=NC1CCN(CNC(=C)C(C)(C)CCCC(C)C)CC1)NC=C. The number of rotatable bonds is 14. The Morgan fingerprint density at radius 1 is 1.29 bits per heavy atom. The van der Waals surface area contributed by atoms with Crippen LogP contribution in [0.25, 0.3) is 0 Å². The molecule has 0 unspecified atom stereocenters. The van der Waals surface area contributed by atoms with Crippen LogP contribution in [-0.2, 0) is 0 Å². The van der Waals surface area contributed by atoms with E-state index >= 15 is 0 Å². The molecule has 0 radical (unpaired) electrons. The lowest BCUT2D eigenvalue weighted by atomic mass is 9.83. The summed E-state index contributed by atoms with van der Waals surface area (Å²) in [5.74, 6) is 1.58. The van der Waals surface area contributed by atoms with Crippen LogP contribution in [0, 0.1) is 11.3 Å². The van der Waals surface area contributed by atoms with E-state index in [0.29, 0.717) is 6.54 Å². The molecule has 2 aliphatic rings. The molecule has 2 heterocycles. The van der Waals surface area contributed by atoms with Crippen LogP contribution in [0.1, 0.15) is 86.5 Å². The maximum absolute atomic E-state index is 5.18. The smallest absolute Gasteiger partial charge is 0.202 e. The Labute approximate surface area is 233 Å². The van der Waals surface area contributed by atoms with Crippen LogP contribution in [0.3, 0.4) is 0 Å². The van der Waals surface area contributed by atoms with Gasteiger partial charge in [-0.05, 0) is 64.1 Å². The van der Waals surface area contributed by atoms with Crippen molar-refractivity contribution in [1.82, 2.24) is 20.4 Å². The first-order valence-corrected chi connectivity index (χ1v) is 14.5. The molecule has 2 N–H and O–H groups in total. The summed E-state index contributed by atoms with van der Waals surface area (Å²) in [7, 11) is 0. The Hall–Kier alpha value is -2.60. The molecule has 0 aromatic rings. The number of nitrogens with one attached hydrogen (secondary N) is 2. The summed E-state index contributed by atoms with van der Waals surface area (Å²) in [5.41, 5.74) is 4.60. The topological polar surface area (TPSA) is 55.3 Å². The second kappa shape index (κ2) is 15.7.